The summed E-state index contributed by atoms with van der Waals surface area (Å²) in [6.45, 7) is 5.37. The van der Waals surface area contributed by atoms with Crippen LogP contribution in [-0.2, 0) is 6.54 Å². The molecule has 0 spiro atoms. The molecule has 0 atom stereocenters. The highest BCUT2D eigenvalue weighted by molar-refractivity contribution is 5.80. The summed E-state index contributed by atoms with van der Waals surface area (Å²) in [5, 5.41) is 6.70. The first-order valence-electron chi connectivity index (χ1n) is 8.46. The average Bonchev–Trinajstić information content (AvgIpc) is 3.25. The van der Waals surface area contributed by atoms with E-state index >= 15 is 0 Å². The Bertz CT molecular complexity index is 707. The number of hydrogen-bond donors (Lipinski definition) is 2. The predicted molar refractivity (Wildman–Crippen MR) is 96.8 cm³/mol. The van der Waals surface area contributed by atoms with Gasteiger partial charge in [0.2, 0.25) is 5.89 Å². The lowest BCUT2D eigenvalue weighted by atomic mass is 10.1. The second-order valence-corrected chi connectivity index (χ2v) is 5.96. The molecule has 0 radical (unpaired) electrons. The van der Waals surface area contributed by atoms with Crippen LogP contribution in [0, 0.1) is 6.92 Å². The van der Waals surface area contributed by atoms with Gasteiger partial charge in [-0.15, -0.1) is 0 Å². The third-order valence-corrected chi connectivity index (χ3v) is 3.96. The van der Waals surface area contributed by atoms with E-state index in [0.29, 0.717) is 18.5 Å². The zero-order chi connectivity index (χ0) is 16.8. The Labute approximate surface area is 142 Å². The molecule has 2 N–H and O–H groups in total. The molecule has 126 valence electrons. The van der Waals surface area contributed by atoms with E-state index in [4.69, 9.17) is 4.42 Å². The lowest BCUT2D eigenvalue weighted by Crippen LogP contribution is -2.42. The van der Waals surface area contributed by atoms with Crippen LogP contribution in [0.1, 0.15) is 31.2 Å². The molecule has 0 saturated carbocycles. The van der Waals surface area contributed by atoms with E-state index in [1.54, 1.807) is 6.20 Å². The van der Waals surface area contributed by atoms with Gasteiger partial charge < -0.3 is 15.1 Å². The summed E-state index contributed by atoms with van der Waals surface area (Å²) >= 11 is 0. The number of hydrogen-bond acceptors (Lipinski definition) is 3. The van der Waals surface area contributed by atoms with Crippen LogP contribution in [0.5, 0.6) is 0 Å². The van der Waals surface area contributed by atoms with Crippen molar-refractivity contribution >= 4 is 5.96 Å². The van der Waals surface area contributed by atoms with Crippen LogP contribution in [0.25, 0.3) is 11.3 Å². The molecular formula is C19H24N4O. The highest BCUT2D eigenvalue weighted by atomic mass is 16.4. The average molecular weight is 324 g/mol. The van der Waals surface area contributed by atoms with Crippen molar-refractivity contribution in [3.8, 4) is 11.3 Å². The Hall–Kier alpha value is -2.56. The largest absolute Gasteiger partial charge is 0.439 e. The molecule has 0 amide bonds. The van der Waals surface area contributed by atoms with Crippen LogP contribution < -0.4 is 10.6 Å². The van der Waals surface area contributed by atoms with Crippen molar-refractivity contribution < 1.29 is 4.42 Å². The first kappa shape index (κ1) is 16.3. The molecule has 0 fully saturated rings. The number of guanidine groups is 1. The normalized spacial score (nSPS) is 15.0. The number of rotatable bonds is 5. The Morgan fingerprint density at radius 1 is 1.25 bits per heavy atom. The summed E-state index contributed by atoms with van der Waals surface area (Å²) in [6, 6.07) is 8.65. The lowest BCUT2D eigenvalue weighted by Gasteiger charge is -2.16. The summed E-state index contributed by atoms with van der Waals surface area (Å²) in [6.07, 6.45) is 8.24. The van der Waals surface area contributed by atoms with Gasteiger partial charge in [0.15, 0.2) is 11.7 Å². The van der Waals surface area contributed by atoms with Gasteiger partial charge in [0.25, 0.3) is 0 Å². The Balaban J connectivity index is 1.64. The minimum Gasteiger partial charge on any atom is -0.439 e. The molecule has 5 heteroatoms. The molecule has 1 heterocycles. The third-order valence-electron chi connectivity index (χ3n) is 3.96. The van der Waals surface area contributed by atoms with Gasteiger partial charge in [-0.1, -0.05) is 42.0 Å². The second kappa shape index (κ2) is 7.81. The second-order valence-electron chi connectivity index (χ2n) is 5.96. The molecule has 2 aromatic rings. The van der Waals surface area contributed by atoms with Crippen molar-refractivity contribution in [2.45, 2.75) is 39.3 Å². The summed E-state index contributed by atoms with van der Waals surface area (Å²) < 4.78 is 5.82. The van der Waals surface area contributed by atoms with Crippen molar-refractivity contribution in [3.05, 3.63) is 54.1 Å². The van der Waals surface area contributed by atoms with Gasteiger partial charge in [-0.25, -0.2) is 9.98 Å². The third kappa shape index (κ3) is 4.25. The van der Waals surface area contributed by atoms with Crippen molar-refractivity contribution in [3.63, 3.8) is 0 Å². The number of oxazole rings is 1. The molecule has 5 nitrogen and oxygen atoms in total. The quantitative estimate of drug-likeness (QED) is 0.502. The molecule has 0 unspecified atom stereocenters. The number of benzene rings is 1. The lowest BCUT2D eigenvalue weighted by molar-refractivity contribution is 0.508. The van der Waals surface area contributed by atoms with Crippen molar-refractivity contribution in [2.75, 3.05) is 6.54 Å². The van der Waals surface area contributed by atoms with Crippen LogP contribution in [-0.4, -0.2) is 23.5 Å². The van der Waals surface area contributed by atoms with Gasteiger partial charge in [0, 0.05) is 18.2 Å². The first-order chi connectivity index (χ1) is 11.7. The van der Waals surface area contributed by atoms with E-state index < -0.39 is 0 Å². The van der Waals surface area contributed by atoms with Gasteiger partial charge in [-0.3, -0.25) is 0 Å². The zero-order valence-electron chi connectivity index (χ0n) is 14.2. The van der Waals surface area contributed by atoms with Crippen molar-refractivity contribution in [1.82, 2.24) is 15.6 Å². The van der Waals surface area contributed by atoms with Gasteiger partial charge in [0.1, 0.15) is 6.54 Å². The highest BCUT2D eigenvalue weighted by Crippen LogP contribution is 2.21. The van der Waals surface area contributed by atoms with Gasteiger partial charge in [0.05, 0.1) is 6.20 Å². The fourth-order valence-electron chi connectivity index (χ4n) is 2.63. The fraction of sp³-hybridized carbons (Fsp3) is 0.368. The summed E-state index contributed by atoms with van der Waals surface area (Å²) in [4.78, 5) is 8.92. The predicted octanol–water partition coefficient (Wildman–Crippen LogP) is 3.42. The number of aryl methyl sites for hydroxylation is 1. The molecule has 3 rings (SSSR count). The molecule has 24 heavy (non-hydrogen) atoms. The molecule has 1 aliphatic rings. The minimum atomic E-state index is 0.418. The SMILES string of the molecule is CCNC(=NCc1ncc(-c2ccc(C)cc2)o1)NC1CC=CC1. The van der Waals surface area contributed by atoms with E-state index in [2.05, 4.69) is 58.7 Å². The first-order valence-corrected chi connectivity index (χ1v) is 8.46. The smallest absolute Gasteiger partial charge is 0.216 e. The van der Waals surface area contributed by atoms with Crippen LogP contribution in [0.4, 0.5) is 0 Å². The summed E-state index contributed by atoms with van der Waals surface area (Å²) in [7, 11) is 0. The molecule has 1 aliphatic carbocycles. The maximum atomic E-state index is 5.82. The van der Waals surface area contributed by atoms with Crippen LogP contribution in [0.15, 0.2) is 52.0 Å². The number of nitrogens with zero attached hydrogens (tertiary/aromatic N) is 2. The molecule has 0 bridgehead atoms. The Morgan fingerprint density at radius 2 is 2.00 bits per heavy atom. The van der Waals surface area contributed by atoms with Crippen LogP contribution >= 0.6 is 0 Å². The molecule has 1 aromatic heterocycles. The Morgan fingerprint density at radius 3 is 2.71 bits per heavy atom. The van der Waals surface area contributed by atoms with Crippen LogP contribution in [0.3, 0.4) is 0 Å². The topological polar surface area (TPSA) is 62.5 Å². The van der Waals surface area contributed by atoms with E-state index in [-0.39, 0.29) is 0 Å². The van der Waals surface area contributed by atoms with E-state index in [0.717, 1.165) is 36.7 Å². The molecule has 1 aromatic carbocycles. The standard InChI is InChI=1S/C19H24N4O/c1-3-20-19(23-16-6-4-5-7-16)22-13-18-21-12-17(24-18)15-10-8-14(2)9-11-15/h4-5,8-12,16H,3,6-7,13H2,1-2H3,(H2,20,22,23). The zero-order valence-corrected chi connectivity index (χ0v) is 14.2. The summed E-state index contributed by atoms with van der Waals surface area (Å²) in [5.74, 6) is 2.20. The van der Waals surface area contributed by atoms with Gasteiger partial charge in [-0.05, 0) is 26.7 Å². The molecule has 0 saturated heterocycles. The fourth-order valence-corrected chi connectivity index (χ4v) is 2.63. The van der Waals surface area contributed by atoms with E-state index in [9.17, 15) is 0 Å². The van der Waals surface area contributed by atoms with Gasteiger partial charge >= 0.3 is 0 Å². The van der Waals surface area contributed by atoms with E-state index in [1.165, 1.54) is 5.56 Å². The molecule has 0 aliphatic heterocycles. The number of aromatic nitrogens is 1. The monoisotopic (exact) mass is 324 g/mol. The van der Waals surface area contributed by atoms with Crippen LogP contribution in [0.2, 0.25) is 0 Å². The Kier molecular flexibility index (Phi) is 5.31. The van der Waals surface area contributed by atoms with Gasteiger partial charge in [-0.2, -0.15) is 0 Å². The van der Waals surface area contributed by atoms with E-state index in [1.807, 2.05) is 12.1 Å². The maximum Gasteiger partial charge on any atom is 0.216 e. The highest BCUT2D eigenvalue weighted by Gasteiger charge is 2.12. The maximum absolute atomic E-state index is 5.82. The minimum absolute atomic E-state index is 0.418. The number of nitrogens with one attached hydrogen (secondary N) is 2. The summed E-state index contributed by atoms with van der Waals surface area (Å²) in [5.41, 5.74) is 2.26. The number of aliphatic imine (C=N–C) groups is 1. The molecular weight excluding hydrogens is 300 g/mol. The van der Waals surface area contributed by atoms with Crippen molar-refractivity contribution in [1.29, 1.82) is 0 Å². The van der Waals surface area contributed by atoms with Crippen molar-refractivity contribution in [2.24, 2.45) is 4.99 Å².